The first-order valence-electron chi connectivity index (χ1n) is 4.99. The molecule has 2 nitrogen and oxygen atoms in total. The molecule has 0 aromatic rings. The number of likely N-dealkylation sites (N-methyl/N-ethyl adjacent to an activating group) is 1. The van der Waals surface area contributed by atoms with E-state index >= 15 is 0 Å². The number of ether oxygens (including phenoxy) is 1. The van der Waals surface area contributed by atoms with E-state index in [1.165, 1.54) is 25.8 Å². The minimum atomic E-state index is 0.169. The van der Waals surface area contributed by atoms with Crippen LogP contribution in [0.5, 0.6) is 0 Å². The molecule has 0 spiro atoms. The van der Waals surface area contributed by atoms with Crippen LogP contribution in [0, 0.1) is 0 Å². The first-order chi connectivity index (χ1) is 5.66. The molecule has 1 aliphatic rings. The van der Waals surface area contributed by atoms with Crippen molar-refractivity contribution in [1.82, 2.24) is 4.90 Å². The number of hydrogen-bond acceptors (Lipinski definition) is 2. The molecule has 1 aliphatic heterocycles. The minimum Gasteiger partial charge on any atom is -0.374 e. The lowest BCUT2D eigenvalue weighted by molar-refractivity contribution is -0.144. The van der Waals surface area contributed by atoms with Gasteiger partial charge in [0.05, 0.1) is 12.2 Å². The smallest absolute Gasteiger partial charge is 0.0802 e. The van der Waals surface area contributed by atoms with Gasteiger partial charge in [0.25, 0.3) is 0 Å². The van der Waals surface area contributed by atoms with Gasteiger partial charge in [0, 0.05) is 13.0 Å². The first kappa shape index (κ1) is 10.0. The van der Waals surface area contributed by atoms with Gasteiger partial charge < -0.3 is 9.64 Å². The average Bonchev–Trinajstić information content (AvgIpc) is 1.98. The van der Waals surface area contributed by atoms with Gasteiger partial charge in [-0.3, -0.25) is 0 Å². The van der Waals surface area contributed by atoms with E-state index in [0.29, 0.717) is 0 Å². The normalized spacial score (nSPS) is 29.0. The van der Waals surface area contributed by atoms with Gasteiger partial charge in [0.2, 0.25) is 0 Å². The highest BCUT2D eigenvalue weighted by Crippen LogP contribution is 2.26. The number of rotatable bonds is 5. The molecule has 72 valence electrons. The Morgan fingerprint density at radius 1 is 1.50 bits per heavy atom. The van der Waals surface area contributed by atoms with Crippen molar-refractivity contribution < 1.29 is 4.74 Å². The van der Waals surface area contributed by atoms with E-state index in [2.05, 4.69) is 25.8 Å². The van der Waals surface area contributed by atoms with Crippen LogP contribution < -0.4 is 0 Å². The van der Waals surface area contributed by atoms with Crippen molar-refractivity contribution in [1.29, 1.82) is 0 Å². The molecular weight excluding hydrogens is 150 g/mol. The molecular formula is C10H21NO. The summed E-state index contributed by atoms with van der Waals surface area (Å²) in [4.78, 5) is 2.38. The lowest BCUT2D eigenvalue weighted by atomic mass is 9.97. The van der Waals surface area contributed by atoms with Crippen LogP contribution in [0.2, 0.25) is 0 Å². The largest absolute Gasteiger partial charge is 0.374 e. The van der Waals surface area contributed by atoms with E-state index in [-0.39, 0.29) is 5.60 Å². The van der Waals surface area contributed by atoms with E-state index in [4.69, 9.17) is 4.74 Å². The fourth-order valence-corrected chi connectivity index (χ4v) is 1.65. The zero-order chi connectivity index (χ0) is 9.03. The summed E-state index contributed by atoms with van der Waals surface area (Å²) in [5.74, 6) is 0. The van der Waals surface area contributed by atoms with Crippen LogP contribution in [0.4, 0.5) is 0 Å². The van der Waals surface area contributed by atoms with E-state index in [9.17, 15) is 0 Å². The average molecular weight is 171 g/mol. The molecule has 0 saturated carbocycles. The van der Waals surface area contributed by atoms with Crippen molar-refractivity contribution in [2.24, 2.45) is 0 Å². The van der Waals surface area contributed by atoms with Crippen molar-refractivity contribution >= 4 is 0 Å². The predicted octanol–water partition coefficient (Wildman–Crippen LogP) is 1.90. The Morgan fingerprint density at radius 3 is 2.58 bits per heavy atom. The molecule has 1 saturated heterocycles. The Kier molecular flexibility index (Phi) is 3.53. The van der Waals surface area contributed by atoms with Gasteiger partial charge in [0.1, 0.15) is 0 Å². The fourth-order valence-electron chi connectivity index (χ4n) is 1.65. The van der Waals surface area contributed by atoms with Gasteiger partial charge in [0.15, 0.2) is 0 Å². The molecule has 2 heteroatoms. The topological polar surface area (TPSA) is 12.5 Å². The standard InChI is InChI=1S/C10H21NO/c1-4-5-7-11(3)9-10(2)6-8-12-10/h4-9H2,1-3H3. The molecule has 0 amide bonds. The van der Waals surface area contributed by atoms with Crippen LogP contribution >= 0.6 is 0 Å². The maximum Gasteiger partial charge on any atom is 0.0802 e. The second-order valence-corrected chi connectivity index (χ2v) is 4.14. The summed E-state index contributed by atoms with van der Waals surface area (Å²) in [5, 5.41) is 0. The Morgan fingerprint density at radius 2 is 2.17 bits per heavy atom. The van der Waals surface area contributed by atoms with Gasteiger partial charge in [-0.05, 0) is 26.9 Å². The van der Waals surface area contributed by atoms with Gasteiger partial charge in [-0.25, -0.2) is 0 Å². The Bertz CT molecular complexity index is 132. The maximum absolute atomic E-state index is 5.53. The molecule has 0 aromatic heterocycles. The van der Waals surface area contributed by atoms with Crippen LogP contribution in [0.25, 0.3) is 0 Å². The fraction of sp³-hybridized carbons (Fsp3) is 1.00. The molecule has 1 unspecified atom stereocenters. The zero-order valence-corrected chi connectivity index (χ0v) is 8.60. The van der Waals surface area contributed by atoms with Gasteiger partial charge in [-0.1, -0.05) is 13.3 Å². The second kappa shape index (κ2) is 4.24. The summed E-state index contributed by atoms with van der Waals surface area (Å²) in [5.41, 5.74) is 0.169. The highest BCUT2D eigenvalue weighted by Gasteiger charge is 2.33. The van der Waals surface area contributed by atoms with E-state index in [1.54, 1.807) is 0 Å². The van der Waals surface area contributed by atoms with E-state index in [1.807, 2.05) is 0 Å². The molecule has 0 N–H and O–H groups in total. The molecule has 1 heterocycles. The first-order valence-corrected chi connectivity index (χ1v) is 4.99. The summed E-state index contributed by atoms with van der Waals surface area (Å²) in [6, 6.07) is 0. The molecule has 0 radical (unpaired) electrons. The van der Waals surface area contributed by atoms with Crippen molar-refractivity contribution in [3.8, 4) is 0 Å². The van der Waals surface area contributed by atoms with Crippen LogP contribution in [-0.4, -0.2) is 37.2 Å². The molecule has 12 heavy (non-hydrogen) atoms. The molecule has 0 bridgehead atoms. The highest BCUT2D eigenvalue weighted by atomic mass is 16.5. The van der Waals surface area contributed by atoms with E-state index in [0.717, 1.165) is 13.2 Å². The summed E-state index contributed by atoms with van der Waals surface area (Å²) >= 11 is 0. The van der Waals surface area contributed by atoms with Gasteiger partial charge in [-0.2, -0.15) is 0 Å². The van der Waals surface area contributed by atoms with Crippen molar-refractivity contribution in [3.63, 3.8) is 0 Å². The lowest BCUT2D eigenvalue weighted by Crippen LogP contribution is -2.49. The Hall–Kier alpha value is -0.0800. The lowest BCUT2D eigenvalue weighted by Gasteiger charge is -2.41. The number of unbranched alkanes of at least 4 members (excludes halogenated alkanes) is 1. The third kappa shape index (κ3) is 2.76. The van der Waals surface area contributed by atoms with E-state index < -0.39 is 0 Å². The summed E-state index contributed by atoms with van der Waals surface area (Å²) < 4.78 is 5.53. The molecule has 1 fully saturated rings. The molecule has 1 rings (SSSR count). The van der Waals surface area contributed by atoms with Crippen molar-refractivity contribution in [2.45, 2.75) is 38.7 Å². The Labute approximate surface area is 75.9 Å². The summed E-state index contributed by atoms with van der Waals surface area (Å²) in [6.45, 7) is 7.69. The minimum absolute atomic E-state index is 0.169. The van der Waals surface area contributed by atoms with Crippen LogP contribution in [0.3, 0.4) is 0 Å². The van der Waals surface area contributed by atoms with Crippen LogP contribution in [-0.2, 0) is 4.74 Å². The van der Waals surface area contributed by atoms with Crippen LogP contribution in [0.15, 0.2) is 0 Å². The highest BCUT2D eigenvalue weighted by molar-refractivity contribution is 4.85. The molecule has 0 aromatic carbocycles. The Balaban J connectivity index is 2.12. The van der Waals surface area contributed by atoms with Gasteiger partial charge >= 0.3 is 0 Å². The SMILES string of the molecule is CCCCN(C)CC1(C)CCO1. The third-order valence-corrected chi connectivity index (χ3v) is 2.58. The quantitative estimate of drug-likeness (QED) is 0.626. The number of nitrogens with zero attached hydrogens (tertiary/aromatic N) is 1. The summed E-state index contributed by atoms with van der Waals surface area (Å²) in [6.07, 6.45) is 3.80. The monoisotopic (exact) mass is 171 g/mol. The maximum atomic E-state index is 5.53. The van der Waals surface area contributed by atoms with Crippen molar-refractivity contribution in [3.05, 3.63) is 0 Å². The van der Waals surface area contributed by atoms with Crippen molar-refractivity contribution in [2.75, 3.05) is 26.7 Å². The molecule has 0 aliphatic carbocycles. The predicted molar refractivity (Wildman–Crippen MR) is 51.4 cm³/mol. The zero-order valence-electron chi connectivity index (χ0n) is 8.60. The summed E-state index contributed by atoms with van der Waals surface area (Å²) in [7, 11) is 2.18. The molecule has 1 atom stereocenters. The number of hydrogen-bond donors (Lipinski definition) is 0. The van der Waals surface area contributed by atoms with Gasteiger partial charge in [-0.15, -0.1) is 0 Å². The van der Waals surface area contributed by atoms with Crippen LogP contribution in [0.1, 0.15) is 33.1 Å². The third-order valence-electron chi connectivity index (χ3n) is 2.58. The second-order valence-electron chi connectivity index (χ2n) is 4.14.